The number of carbonyl (C=O) groups excluding carboxylic acids is 2. The van der Waals surface area contributed by atoms with Gasteiger partial charge in [-0.25, -0.2) is 9.48 Å². The lowest BCUT2D eigenvalue weighted by Crippen LogP contribution is -2.31. The SMILES string of the molecule is COC(=O)c1nnn(CC2CCC(=O)N2)c1CCN. The molecule has 1 aromatic heterocycles. The van der Waals surface area contributed by atoms with E-state index in [1.54, 1.807) is 4.68 Å². The second kappa shape index (κ2) is 5.79. The van der Waals surface area contributed by atoms with Crippen molar-refractivity contribution in [3.05, 3.63) is 11.4 Å². The van der Waals surface area contributed by atoms with Crippen LogP contribution in [-0.2, 0) is 22.5 Å². The summed E-state index contributed by atoms with van der Waals surface area (Å²) in [4.78, 5) is 22.7. The molecule has 0 saturated carbocycles. The van der Waals surface area contributed by atoms with Gasteiger partial charge in [0.2, 0.25) is 5.91 Å². The molecule has 0 spiro atoms. The van der Waals surface area contributed by atoms with Gasteiger partial charge in [-0.05, 0) is 13.0 Å². The Morgan fingerprint density at radius 2 is 2.42 bits per heavy atom. The van der Waals surface area contributed by atoms with Crippen LogP contribution >= 0.6 is 0 Å². The number of nitrogens with one attached hydrogen (secondary N) is 1. The van der Waals surface area contributed by atoms with E-state index in [0.29, 0.717) is 31.6 Å². The maximum atomic E-state index is 11.6. The van der Waals surface area contributed by atoms with Gasteiger partial charge in [-0.2, -0.15) is 0 Å². The fourth-order valence-corrected chi connectivity index (χ4v) is 2.14. The fraction of sp³-hybridized carbons (Fsp3) is 0.636. The maximum absolute atomic E-state index is 11.6. The van der Waals surface area contributed by atoms with Crippen molar-refractivity contribution in [2.24, 2.45) is 5.73 Å². The molecule has 1 atom stereocenters. The highest BCUT2D eigenvalue weighted by molar-refractivity contribution is 5.88. The van der Waals surface area contributed by atoms with E-state index in [4.69, 9.17) is 5.73 Å². The first-order chi connectivity index (χ1) is 9.15. The number of aromatic nitrogens is 3. The zero-order chi connectivity index (χ0) is 13.8. The second-order valence-corrected chi connectivity index (χ2v) is 4.40. The van der Waals surface area contributed by atoms with Crippen molar-refractivity contribution in [1.82, 2.24) is 20.3 Å². The van der Waals surface area contributed by atoms with Crippen molar-refractivity contribution in [1.29, 1.82) is 0 Å². The van der Waals surface area contributed by atoms with Gasteiger partial charge in [-0.3, -0.25) is 4.79 Å². The van der Waals surface area contributed by atoms with Crippen molar-refractivity contribution < 1.29 is 14.3 Å². The monoisotopic (exact) mass is 267 g/mol. The predicted octanol–water partition coefficient (Wildman–Crippen LogP) is -1.16. The molecule has 1 aliphatic heterocycles. The number of rotatable bonds is 5. The molecule has 1 fully saturated rings. The Morgan fingerprint density at radius 3 is 3.00 bits per heavy atom. The minimum absolute atomic E-state index is 0.0243. The summed E-state index contributed by atoms with van der Waals surface area (Å²) in [5.74, 6) is -0.483. The topological polar surface area (TPSA) is 112 Å². The number of hydrogen-bond donors (Lipinski definition) is 2. The van der Waals surface area contributed by atoms with Crippen LogP contribution in [-0.4, -0.2) is 46.6 Å². The van der Waals surface area contributed by atoms with Gasteiger partial charge in [0, 0.05) is 18.9 Å². The second-order valence-electron chi connectivity index (χ2n) is 4.40. The van der Waals surface area contributed by atoms with Crippen LogP contribution in [0, 0.1) is 0 Å². The average Bonchev–Trinajstić information content (AvgIpc) is 2.97. The smallest absolute Gasteiger partial charge is 0.360 e. The van der Waals surface area contributed by atoms with Crippen LogP contribution in [0.3, 0.4) is 0 Å². The van der Waals surface area contributed by atoms with Crippen molar-refractivity contribution in [3.63, 3.8) is 0 Å². The Hall–Kier alpha value is -1.96. The van der Waals surface area contributed by atoms with Gasteiger partial charge >= 0.3 is 5.97 Å². The minimum atomic E-state index is -0.523. The van der Waals surface area contributed by atoms with Gasteiger partial charge in [-0.1, -0.05) is 5.21 Å². The standard InChI is InChI=1S/C11H17N5O3/c1-19-11(18)10-8(4-5-12)16(15-14-10)6-7-2-3-9(17)13-7/h7H,2-6,12H2,1H3,(H,13,17). The number of ether oxygens (including phenoxy) is 1. The Balaban J connectivity index is 2.17. The molecule has 3 N–H and O–H groups in total. The first-order valence-corrected chi connectivity index (χ1v) is 6.15. The Labute approximate surface area is 110 Å². The summed E-state index contributed by atoms with van der Waals surface area (Å²) in [5, 5.41) is 10.6. The zero-order valence-electron chi connectivity index (χ0n) is 10.8. The molecule has 104 valence electrons. The number of hydrogen-bond acceptors (Lipinski definition) is 6. The summed E-state index contributed by atoms with van der Waals surface area (Å²) in [7, 11) is 1.30. The lowest BCUT2D eigenvalue weighted by atomic mass is 10.2. The van der Waals surface area contributed by atoms with Gasteiger partial charge < -0.3 is 15.8 Å². The normalized spacial score (nSPS) is 18.4. The quantitative estimate of drug-likeness (QED) is 0.651. The summed E-state index contributed by atoms with van der Waals surface area (Å²) in [6.45, 7) is 0.874. The van der Waals surface area contributed by atoms with Crippen LogP contribution in [0.15, 0.2) is 0 Å². The number of carbonyl (C=O) groups is 2. The third-order valence-corrected chi connectivity index (χ3v) is 3.08. The van der Waals surface area contributed by atoms with Crippen molar-refractivity contribution in [2.45, 2.75) is 31.8 Å². The van der Waals surface area contributed by atoms with E-state index in [0.717, 1.165) is 6.42 Å². The van der Waals surface area contributed by atoms with Crippen LogP contribution in [0.4, 0.5) is 0 Å². The molecule has 2 rings (SSSR count). The molecule has 2 heterocycles. The molecule has 0 aromatic carbocycles. The molecular formula is C11H17N5O3. The third kappa shape index (κ3) is 2.90. The van der Waals surface area contributed by atoms with Gasteiger partial charge in [0.1, 0.15) is 0 Å². The summed E-state index contributed by atoms with van der Waals surface area (Å²) in [6.07, 6.45) is 1.77. The van der Waals surface area contributed by atoms with E-state index in [2.05, 4.69) is 20.4 Å². The highest BCUT2D eigenvalue weighted by atomic mass is 16.5. The summed E-state index contributed by atoms with van der Waals surface area (Å²) in [5.41, 5.74) is 6.38. The molecule has 0 radical (unpaired) electrons. The highest BCUT2D eigenvalue weighted by Gasteiger charge is 2.25. The Morgan fingerprint density at radius 1 is 1.63 bits per heavy atom. The Bertz CT molecular complexity index is 485. The molecule has 0 bridgehead atoms. The number of nitrogens with two attached hydrogens (primary N) is 1. The number of amides is 1. The highest BCUT2D eigenvalue weighted by Crippen LogP contribution is 2.13. The summed E-state index contributed by atoms with van der Waals surface area (Å²) < 4.78 is 6.28. The van der Waals surface area contributed by atoms with Gasteiger partial charge in [0.25, 0.3) is 0 Å². The van der Waals surface area contributed by atoms with E-state index in [1.165, 1.54) is 7.11 Å². The molecule has 0 aliphatic carbocycles. The van der Waals surface area contributed by atoms with Crippen LogP contribution in [0.1, 0.15) is 29.0 Å². The van der Waals surface area contributed by atoms with E-state index in [-0.39, 0.29) is 17.6 Å². The zero-order valence-corrected chi connectivity index (χ0v) is 10.8. The molecule has 8 nitrogen and oxygen atoms in total. The van der Waals surface area contributed by atoms with Crippen LogP contribution < -0.4 is 11.1 Å². The number of nitrogens with zero attached hydrogens (tertiary/aromatic N) is 3. The van der Waals surface area contributed by atoms with E-state index < -0.39 is 5.97 Å². The van der Waals surface area contributed by atoms with Crippen molar-refractivity contribution in [2.75, 3.05) is 13.7 Å². The van der Waals surface area contributed by atoms with Crippen LogP contribution in [0.2, 0.25) is 0 Å². The van der Waals surface area contributed by atoms with Gasteiger partial charge in [0.05, 0.1) is 19.3 Å². The van der Waals surface area contributed by atoms with E-state index in [9.17, 15) is 9.59 Å². The van der Waals surface area contributed by atoms with E-state index >= 15 is 0 Å². The molecule has 1 saturated heterocycles. The third-order valence-electron chi connectivity index (χ3n) is 3.08. The lowest BCUT2D eigenvalue weighted by molar-refractivity contribution is -0.119. The fourth-order valence-electron chi connectivity index (χ4n) is 2.14. The van der Waals surface area contributed by atoms with E-state index in [1.807, 2.05) is 0 Å². The first-order valence-electron chi connectivity index (χ1n) is 6.15. The molecule has 19 heavy (non-hydrogen) atoms. The largest absolute Gasteiger partial charge is 0.464 e. The van der Waals surface area contributed by atoms with Crippen molar-refractivity contribution in [3.8, 4) is 0 Å². The molecular weight excluding hydrogens is 250 g/mol. The number of methoxy groups -OCH3 is 1. The molecule has 8 heteroatoms. The molecule has 1 unspecified atom stereocenters. The number of esters is 1. The molecule has 1 aromatic rings. The molecule has 1 amide bonds. The minimum Gasteiger partial charge on any atom is -0.464 e. The predicted molar refractivity (Wildman–Crippen MR) is 65.3 cm³/mol. The maximum Gasteiger partial charge on any atom is 0.360 e. The lowest BCUT2D eigenvalue weighted by Gasteiger charge is -2.12. The van der Waals surface area contributed by atoms with Crippen LogP contribution in [0.5, 0.6) is 0 Å². The average molecular weight is 267 g/mol. The first kappa shape index (κ1) is 13.5. The summed E-state index contributed by atoms with van der Waals surface area (Å²) >= 11 is 0. The Kier molecular flexibility index (Phi) is 4.10. The van der Waals surface area contributed by atoms with Crippen LogP contribution in [0.25, 0.3) is 0 Å². The van der Waals surface area contributed by atoms with Gasteiger partial charge in [-0.15, -0.1) is 5.10 Å². The summed E-state index contributed by atoms with van der Waals surface area (Å²) in [6, 6.07) is 0.0243. The molecule has 1 aliphatic rings. The van der Waals surface area contributed by atoms with Crippen molar-refractivity contribution >= 4 is 11.9 Å². The van der Waals surface area contributed by atoms with Gasteiger partial charge in [0.15, 0.2) is 5.69 Å².